The van der Waals surface area contributed by atoms with E-state index in [0.29, 0.717) is 6.42 Å². The number of unbranched alkanes of at least 4 members (excludes halogenated alkanes) is 5. The molecule has 1 saturated heterocycles. The van der Waals surface area contributed by atoms with E-state index in [4.69, 9.17) is 4.74 Å². The molecule has 4 heteroatoms. The minimum absolute atomic E-state index is 0.153. The third-order valence-corrected chi connectivity index (χ3v) is 4.44. The van der Waals surface area contributed by atoms with E-state index in [-0.39, 0.29) is 17.9 Å². The zero-order chi connectivity index (χ0) is 16.7. The van der Waals surface area contributed by atoms with Gasteiger partial charge in [-0.1, -0.05) is 69.4 Å². The molecule has 1 fully saturated rings. The van der Waals surface area contributed by atoms with Gasteiger partial charge in [0.25, 0.3) is 0 Å². The number of hydrogen-bond acceptors (Lipinski definition) is 3. The highest BCUT2D eigenvalue weighted by Gasteiger charge is 2.56. The van der Waals surface area contributed by atoms with E-state index in [1.54, 1.807) is 4.90 Å². The van der Waals surface area contributed by atoms with Crippen LogP contribution >= 0.6 is 0 Å². The van der Waals surface area contributed by atoms with E-state index in [1.165, 1.54) is 32.8 Å². The lowest BCUT2D eigenvalue weighted by Gasteiger charge is -2.02. The molecule has 0 aromatic heterocycles. The second-order valence-corrected chi connectivity index (χ2v) is 6.16. The highest BCUT2D eigenvalue weighted by atomic mass is 16.5. The van der Waals surface area contributed by atoms with E-state index in [1.807, 2.05) is 30.3 Å². The minimum atomic E-state index is -0.417. The summed E-state index contributed by atoms with van der Waals surface area (Å²) in [6, 6.07) is 9.20. The zero-order valence-corrected chi connectivity index (χ0v) is 14.2. The highest BCUT2D eigenvalue weighted by molar-refractivity contribution is 5.93. The van der Waals surface area contributed by atoms with Crippen molar-refractivity contribution < 1.29 is 14.3 Å². The molecule has 0 N–H and O–H groups in total. The molecular weight excluding hydrogens is 290 g/mol. The number of carbonyl (C=O) groups is 2. The zero-order valence-electron chi connectivity index (χ0n) is 14.2. The van der Waals surface area contributed by atoms with Crippen LogP contribution in [0, 0.1) is 0 Å². The largest absolute Gasteiger partial charge is 0.453 e. The van der Waals surface area contributed by atoms with Crippen LogP contribution in [0.2, 0.25) is 0 Å². The summed E-state index contributed by atoms with van der Waals surface area (Å²) in [6.07, 6.45) is 7.07. The molecule has 0 aliphatic carbocycles. The first-order chi connectivity index (χ1) is 11.2. The van der Waals surface area contributed by atoms with Crippen molar-refractivity contribution in [3.8, 4) is 0 Å². The van der Waals surface area contributed by atoms with E-state index < -0.39 is 6.09 Å². The molecule has 0 saturated carbocycles. The third kappa shape index (κ3) is 4.57. The molecule has 4 nitrogen and oxygen atoms in total. The van der Waals surface area contributed by atoms with Crippen LogP contribution in [-0.2, 0) is 9.53 Å². The molecular formula is C19H27NO3. The van der Waals surface area contributed by atoms with Crippen LogP contribution in [0.5, 0.6) is 0 Å². The molecule has 1 amide bonds. The van der Waals surface area contributed by atoms with Crippen molar-refractivity contribution in [3.05, 3.63) is 35.9 Å². The number of carbonyl (C=O) groups excluding carboxylic acids is 2. The minimum Gasteiger partial charge on any atom is -0.453 e. The molecule has 0 bridgehead atoms. The summed E-state index contributed by atoms with van der Waals surface area (Å²) < 4.78 is 4.81. The first-order valence-corrected chi connectivity index (χ1v) is 8.64. The van der Waals surface area contributed by atoms with Crippen molar-refractivity contribution in [1.82, 2.24) is 4.90 Å². The fraction of sp³-hybridized carbons (Fsp3) is 0.579. The van der Waals surface area contributed by atoms with Gasteiger partial charge >= 0.3 is 6.09 Å². The van der Waals surface area contributed by atoms with Crippen molar-refractivity contribution in [3.63, 3.8) is 0 Å². The molecule has 2 unspecified atom stereocenters. The topological polar surface area (TPSA) is 46.4 Å². The lowest BCUT2D eigenvalue weighted by molar-refractivity contribution is -0.119. The van der Waals surface area contributed by atoms with Gasteiger partial charge in [0, 0.05) is 6.42 Å². The van der Waals surface area contributed by atoms with Crippen LogP contribution in [0.15, 0.2) is 30.3 Å². The summed E-state index contributed by atoms with van der Waals surface area (Å²) in [4.78, 5) is 25.9. The number of benzene rings is 1. The van der Waals surface area contributed by atoms with Crippen LogP contribution in [0.3, 0.4) is 0 Å². The number of amides is 1. The summed E-state index contributed by atoms with van der Waals surface area (Å²) in [7, 11) is 1.36. The quantitative estimate of drug-likeness (QED) is 0.497. The van der Waals surface area contributed by atoms with Gasteiger partial charge in [-0.15, -0.1) is 0 Å². The summed E-state index contributed by atoms with van der Waals surface area (Å²) in [5.41, 5.74) is 0.999. The number of rotatable bonds is 9. The number of methoxy groups -OCH3 is 1. The average Bonchev–Trinajstić information content (AvgIpc) is 3.33. The molecule has 2 atom stereocenters. The number of ketones is 1. The van der Waals surface area contributed by atoms with Crippen LogP contribution < -0.4 is 0 Å². The maximum atomic E-state index is 12.5. The first kappa shape index (κ1) is 17.5. The van der Waals surface area contributed by atoms with Crippen molar-refractivity contribution in [2.75, 3.05) is 7.11 Å². The molecule has 1 aromatic rings. The van der Waals surface area contributed by atoms with Gasteiger partial charge in [-0.05, 0) is 12.0 Å². The molecule has 1 aliphatic rings. The molecule has 1 heterocycles. The Kier molecular flexibility index (Phi) is 6.63. The number of hydrogen-bond donors (Lipinski definition) is 0. The Morgan fingerprint density at radius 1 is 1.04 bits per heavy atom. The Morgan fingerprint density at radius 3 is 2.35 bits per heavy atom. The average molecular weight is 317 g/mol. The SMILES string of the molecule is CCCCCCCCC(=O)C1C(c2ccccc2)N1C(=O)OC. The molecule has 1 aliphatic heterocycles. The van der Waals surface area contributed by atoms with Gasteiger partial charge in [-0.2, -0.15) is 0 Å². The molecule has 23 heavy (non-hydrogen) atoms. The maximum Gasteiger partial charge on any atom is 0.410 e. The van der Waals surface area contributed by atoms with Gasteiger partial charge in [0.1, 0.15) is 6.04 Å². The fourth-order valence-corrected chi connectivity index (χ4v) is 3.12. The monoisotopic (exact) mass is 317 g/mol. The van der Waals surface area contributed by atoms with Crippen molar-refractivity contribution in [2.45, 2.75) is 64.0 Å². The Balaban J connectivity index is 1.86. The molecule has 0 spiro atoms. The van der Waals surface area contributed by atoms with Crippen molar-refractivity contribution >= 4 is 11.9 Å². The Bertz CT molecular complexity index is 515. The lowest BCUT2D eigenvalue weighted by atomic mass is 10.0. The van der Waals surface area contributed by atoms with Gasteiger partial charge in [0.15, 0.2) is 5.78 Å². The van der Waals surface area contributed by atoms with Gasteiger partial charge < -0.3 is 4.74 Å². The van der Waals surface area contributed by atoms with E-state index in [2.05, 4.69) is 6.92 Å². The second kappa shape index (κ2) is 8.70. The van der Waals surface area contributed by atoms with Crippen LogP contribution in [-0.4, -0.2) is 29.9 Å². The highest BCUT2D eigenvalue weighted by Crippen LogP contribution is 2.44. The van der Waals surface area contributed by atoms with Gasteiger partial charge in [0.05, 0.1) is 13.2 Å². The number of nitrogens with zero attached hydrogens (tertiary/aromatic N) is 1. The summed E-state index contributed by atoms with van der Waals surface area (Å²) in [5.74, 6) is 0.153. The third-order valence-electron chi connectivity index (χ3n) is 4.44. The predicted octanol–water partition coefficient (Wildman–Crippen LogP) is 4.50. The van der Waals surface area contributed by atoms with E-state index in [0.717, 1.165) is 18.4 Å². The van der Waals surface area contributed by atoms with Gasteiger partial charge in [-0.25, -0.2) is 4.79 Å². The molecule has 0 radical (unpaired) electrons. The number of Topliss-reactive ketones (excluding diaryl/α,β-unsaturated/α-hetero) is 1. The predicted molar refractivity (Wildman–Crippen MR) is 90.2 cm³/mol. The first-order valence-electron chi connectivity index (χ1n) is 8.64. The Hall–Kier alpha value is -1.84. The fourth-order valence-electron chi connectivity index (χ4n) is 3.12. The molecule has 2 rings (SSSR count). The van der Waals surface area contributed by atoms with Crippen LogP contribution in [0.4, 0.5) is 4.79 Å². The standard InChI is InChI=1S/C19H27NO3/c1-3-4-5-6-7-11-14-16(21)18-17(20(18)19(22)23-2)15-12-9-8-10-13-15/h8-10,12-13,17-18H,3-7,11,14H2,1-2H3. The van der Waals surface area contributed by atoms with Crippen LogP contribution in [0.25, 0.3) is 0 Å². The summed E-state index contributed by atoms with van der Waals surface area (Å²) >= 11 is 0. The molecule has 126 valence electrons. The maximum absolute atomic E-state index is 12.5. The normalized spacial score (nSPS) is 19.5. The smallest absolute Gasteiger partial charge is 0.410 e. The number of ether oxygens (including phenoxy) is 1. The molecule has 1 aromatic carbocycles. The summed E-state index contributed by atoms with van der Waals surface area (Å²) in [5, 5.41) is 0. The summed E-state index contributed by atoms with van der Waals surface area (Å²) in [6.45, 7) is 2.20. The van der Waals surface area contributed by atoms with Crippen LogP contribution in [0.1, 0.15) is 63.5 Å². The van der Waals surface area contributed by atoms with Gasteiger partial charge in [-0.3, -0.25) is 9.69 Å². The van der Waals surface area contributed by atoms with Gasteiger partial charge in [0.2, 0.25) is 0 Å². The van der Waals surface area contributed by atoms with E-state index in [9.17, 15) is 9.59 Å². The second-order valence-electron chi connectivity index (χ2n) is 6.16. The van der Waals surface area contributed by atoms with Crippen molar-refractivity contribution in [2.24, 2.45) is 0 Å². The van der Waals surface area contributed by atoms with Crippen molar-refractivity contribution in [1.29, 1.82) is 0 Å². The Labute approximate surface area is 138 Å². The lowest BCUT2D eigenvalue weighted by Crippen LogP contribution is -2.18. The Morgan fingerprint density at radius 2 is 1.70 bits per heavy atom. The van der Waals surface area contributed by atoms with E-state index >= 15 is 0 Å².